The lowest BCUT2D eigenvalue weighted by atomic mass is 9.83. The zero-order valence-corrected chi connectivity index (χ0v) is 15.7. The molecule has 0 N–H and O–H groups in total. The third kappa shape index (κ3) is 3.28. The van der Waals surface area contributed by atoms with Crippen LogP contribution in [0, 0.1) is 13.8 Å². The van der Waals surface area contributed by atoms with Gasteiger partial charge in [-0.3, -0.25) is 4.79 Å². The molecule has 0 unspecified atom stereocenters. The number of ether oxygens (including phenoxy) is 1. The van der Waals surface area contributed by atoms with E-state index in [1.807, 2.05) is 47.7 Å². The largest absolute Gasteiger partial charge is 0.371 e. The van der Waals surface area contributed by atoms with Crippen molar-refractivity contribution in [2.45, 2.75) is 51.6 Å². The number of aryl methyl sites for hydroxylation is 2. The van der Waals surface area contributed by atoms with Crippen molar-refractivity contribution in [2.24, 2.45) is 0 Å². The van der Waals surface area contributed by atoms with Gasteiger partial charge < -0.3 is 9.64 Å². The number of rotatable bonds is 2. The molecule has 0 bridgehead atoms. The molecule has 0 radical (unpaired) electrons. The molecule has 2 aliphatic rings. The normalized spacial score (nSPS) is 19.7. The van der Waals surface area contributed by atoms with Crippen LogP contribution < -0.4 is 0 Å². The van der Waals surface area contributed by atoms with Crippen LogP contribution in [-0.4, -0.2) is 45.9 Å². The van der Waals surface area contributed by atoms with Crippen molar-refractivity contribution in [2.75, 3.05) is 19.7 Å². The van der Waals surface area contributed by atoms with Crippen LogP contribution in [0.2, 0.25) is 0 Å². The Balaban J connectivity index is 1.50. The maximum atomic E-state index is 13.0. The standard InChI is InChI=1S/C21H27N3O2/c1-16-14-17(2)24(22-16)19-8-6-18(7-9-19)20(25)23-12-13-26-21(15-23)10-4-3-5-11-21/h6-9,14H,3-5,10-13,15H2,1-2H3. The molecule has 1 aliphatic heterocycles. The minimum Gasteiger partial charge on any atom is -0.371 e. The first-order chi connectivity index (χ1) is 12.6. The van der Waals surface area contributed by atoms with Gasteiger partial charge in [0, 0.05) is 17.8 Å². The van der Waals surface area contributed by atoms with Crippen LogP contribution in [0.25, 0.3) is 5.69 Å². The molecule has 0 atom stereocenters. The van der Waals surface area contributed by atoms with E-state index in [2.05, 4.69) is 11.2 Å². The second-order valence-corrected chi connectivity index (χ2v) is 7.70. The Morgan fingerprint density at radius 2 is 1.85 bits per heavy atom. The Bertz CT molecular complexity index is 783. The fraction of sp³-hybridized carbons (Fsp3) is 0.524. The lowest BCUT2D eigenvalue weighted by Gasteiger charge is -2.45. The highest BCUT2D eigenvalue weighted by molar-refractivity contribution is 5.94. The van der Waals surface area contributed by atoms with Gasteiger partial charge in [-0.25, -0.2) is 4.68 Å². The number of hydrogen-bond acceptors (Lipinski definition) is 3. The number of benzene rings is 1. The third-order valence-corrected chi connectivity index (χ3v) is 5.67. The average molecular weight is 353 g/mol. The Hall–Kier alpha value is -2.14. The maximum absolute atomic E-state index is 13.0. The molecule has 4 rings (SSSR count). The Kier molecular flexibility index (Phi) is 4.57. The predicted octanol–water partition coefficient (Wildman–Crippen LogP) is 3.66. The number of aromatic nitrogens is 2. The predicted molar refractivity (Wildman–Crippen MR) is 101 cm³/mol. The number of morpholine rings is 1. The highest BCUT2D eigenvalue weighted by atomic mass is 16.5. The molecule has 1 saturated heterocycles. The zero-order chi connectivity index (χ0) is 18.1. The van der Waals surface area contributed by atoms with Crippen molar-refractivity contribution < 1.29 is 9.53 Å². The van der Waals surface area contributed by atoms with Crippen LogP contribution in [0.4, 0.5) is 0 Å². The molecule has 1 amide bonds. The van der Waals surface area contributed by atoms with Crippen LogP contribution in [0.3, 0.4) is 0 Å². The van der Waals surface area contributed by atoms with E-state index < -0.39 is 0 Å². The molecule has 1 aromatic heterocycles. The summed E-state index contributed by atoms with van der Waals surface area (Å²) in [6, 6.07) is 9.83. The molecule has 26 heavy (non-hydrogen) atoms. The monoisotopic (exact) mass is 353 g/mol. The van der Waals surface area contributed by atoms with Crippen molar-refractivity contribution >= 4 is 5.91 Å². The minimum absolute atomic E-state index is 0.101. The van der Waals surface area contributed by atoms with Crippen LogP contribution >= 0.6 is 0 Å². The van der Waals surface area contributed by atoms with Crippen LogP contribution in [0.1, 0.15) is 53.8 Å². The molecule has 1 saturated carbocycles. The second kappa shape index (κ2) is 6.88. The van der Waals surface area contributed by atoms with Crippen molar-refractivity contribution in [3.8, 4) is 5.69 Å². The molecule has 138 valence electrons. The van der Waals surface area contributed by atoms with Gasteiger partial charge in [-0.1, -0.05) is 19.3 Å². The van der Waals surface area contributed by atoms with Gasteiger partial charge in [-0.15, -0.1) is 0 Å². The summed E-state index contributed by atoms with van der Waals surface area (Å²) in [5.74, 6) is 0.109. The van der Waals surface area contributed by atoms with Gasteiger partial charge in [0.1, 0.15) is 0 Å². The van der Waals surface area contributed by atoms with Gasteiger partial charge in [0.2, 0.25) is 0 Å². The summed E-state index contributed by atoms with van der Waals surface area (Å²) in [7, 11) is 0. The summed E-state index contributed by atoms with van der Waals surface area (Å²) in [4.78, 5) is 15.0. The fourth-order valence-electron chi connectivity index (χ4n) is 4.33. The summed E-state index contributed by atoms with van der Waals surface area (Å²) >= 11 is 0. The molecule has 5 heteroatoms. The lowest BCUT2D eigenvalue weighted by Crippen LogP contribution is -2.54. The third-order valence-electron chi connectivity index (χ3n) is 5.67. The van der Waals surface area contributed by atoms with Crippen molar-refractivity contribution in [3.63, 3.8) is 0 Å². The van der Waals surface area contributed by atoms with E-state index in [4.69, 9.17) is 4.74 Å². The molecule has 2 fully saturated rings. The molecule has 1 spiro atoms. The number of nitrogens with zero attached hydrogens (tertiary/aromatic N) is 3. The summed E-state index contributed by atoms with van der Waals surface area (Å²) in [5, 5.41) is 4.51. The first-order valence-electron chi connectivity index (χ1n) is 9.63. The summed E-state index contributed by atoms with van der Waals surface area (Å²) in [5.41, 5.74) is 3.71. The van der Waals surface area contributed by atoms with Gasteiger partial charge in [0.15, 0.2) is 0 Å². The average Bonchev–Trinajstić information content (AvgIpc) is 3.00. The lowest BCUT2D eigenvalue weighted by molar-refractivity contribution is -0.117. The first-order valence-corrected chi connectivity index (χ1v) is 9.63. The summed E-state index contributed by atoms with van der Waals surface area (Å²) in [6.45, 7) is 6.08. The number of hydrogen-bond donors (Lipinski definition) is 0. The first kappa shape index (κ1) is 17.3. The van der Waals surface area contributed by atoms with Crippen LogP contribution in [0.5, 0.6) is 0 Å². The fourth-order valence-corrected chi connectivity index (χ4v) is 4.33. The van der Waals surface area contributed by atoms with E-state index in [9.17, 15) is 4.79 Å². The smallest absolute Gasteiger partial charge is 0.254 e. The van der Waals surface area contributed by atoms with E-state index in [0.717, 1.165) is 42.0 Å². The minimum atomic E-state index is -0.101. The topological polar surface area (TPSA) is 47.4 Å². The van der Waals surface area contributed by atoms with Crippen molar-refractivity contribution in [1.82, 2.24) is 14.7 Å². The summed E-state index contributed by atoms with van der Waals surface area (Å²) < 4.78 is 8.02. The number of carbonyl (C=O) groups is 1. The Morgan fingerprint density at radius 1 is 1.12 bits per heavy atom. The molecule has 5 nitrogen and oxygen atoms in total. The Morgan fingerprint density at radius 3 is 2.50 bits per heavy atom. The highest BCUT2D eigenvalue weighted by Crippen LogP contribution is 2.34. The molecular weight excluding hydrogens is 326 g/mol. The molecular formula is C21H27N3O2. The van der Waals surface area contributed by atoms with Gasteiger partial charge in [0.05, 0.1) is 30.1 Å². The number of amides is 1. The van der Waals surface area contributed by atoms with Gasteiger partial charge in [-0.2, -0.15) is 5.10 Å². The van der Waals surface area contributed by atoms with Gasteiger partial charge in [-0.05, 0) is 57.0 Å². The van der Waals surface area contributed by atoms with Crippen molar-refractivity contribution in [1.29, 1.82) is 0 Å². The van der Waals surface area contributed by atoms with Crippen LogP contribution in [-0.2, 0) is 4.74 Å². The summed E-state index contributed by atoms with van der Waals surface area (Å²) in [6.07, 6.45) is 5.85. The maximum Gasteiger partial charge on any atom is 0.254 e. The molecule has 1 aromatic carbocycles. The number of carbonyl (C=O) groups excluding carboxylic acids is 1. The van der Waals surface area contributed by atoms with E-state index in [1.54, 1.807) is 0 Å². The zero-order valence-electron chi connectivity index (χ0n) is 15.7. The van der Waals surface area contributed by atoms with Gasteiger partial charge >= 0.3 is 0 Å². The molecule has 1 aliphatic carbocycles. The van der Waals surface area contributed by atoms with Gasteiger partial charge in [0.25, 0.3) is 5.91 Å². The second-order valence-electron chi connectivity index (χ2n) is 7.70. The van der Waals surface area contributed by atoms with Crippen LogP contribution in [0.15, 0.2) is 30.3 Å². The Labute approximate surface area is 154 Å². The highest BCUT2D eigenvalue weighted by Gasteiger charge is 2.39. The SMILES string of the molecule is Cc1cc(C)n(-c2ccc(C(=O)N3CCOC4(CCCCC4)C3)cc2)n1. The van der Waals surface area contributed by atoms with E-state index in [0.29, 0.717) is 13.2 Å². The molecule has 2 heterocycles. The molecule has 2 aromatic rings. The van der Waals surface area contributed by atoms with E-state index in [-0.39, 0.29) is 11.5 Å². The van der Waals surface area contributed by atoms with E-state index >= 15 is 0 Å². The van der Waals surface area contributed by atoms with Crippen molar-refractivity contribution in [3.05, 3.63) is 47.3 Å². The van der Waals surface area contributed by atoms with E-state index in [1.165, 1.54) is 19.3 Å². The quantitative estimate of drug-likeness (QED) is 0.828.